The predicted octanol–water partition coefficient (Wildman–Crippen LogP) is 10.9. The van der Waals surface area contributed by atoms with E-state index in [0.717, 1.165) is 47.3 Å². The summed E-state index contributed by atoms with van der Waals surface area (Å²) in [7, 11) is 0. The molecule has 6 atom stereocenters. The summed E-state index contributed by atoms with van der Waals surface area (Å²) in [5, 5.41) is 0. The molecule has 4 fully saturated rings. The van der Waals surface area contributed by atoms with Gasteiger partial charge in [-0.3, -0.25) is 0 Å². The Bertz CT molecular complexity index is 999. The lowest BCUT2D eigenvalue weighted by atomic mass is 9.50. The van der Waals surface area contributed by atoms with Crippen LogP contribution < -0.4 is 0 Å². The molecule has 0 heterocycles. The topological polar surface area (TPSA) is 0 Å². The molecule has 4 aliphatic carbocycles. The van der Waals surface area contributed by atoms with Gasteiger partial charge in [-0.2, -0.15) is 0 Å². The predicted molar refractivity (Wildman–Crippen MR) is 167 cm³/mol. The molecule has 0 bridgehead atoms. The number of hydrogen-bond donors (Lipinski definition) is 0. The molecule has 0 spiro atoms. The maximum Gasteiger partial charge on any atom is 0.0264 e. The van der Waals surface area contributed by atoms with Gasteiger partial charge in [-0.15, -0.1) is 0 Å². The van der Waals surface area contributed by atoms with Crippen LogP contribution in [0.3, 0.4) is 0 Å². The highest BCUT2D eigenvalue weighted by Crippen LogP contribution is 2.69. The van der Waals surface area contributed by atoms with E-state index in [1.807, 2.05) is 0 Å². The standard InChI is InChI=1S/C39H56/c1-37(2,3)30-21-23-32-33-24-22-31(38(4,5)6)26-35(33)36(34(32)25-30)39(29-19-13-14-20-29,27-15-9-7-10-16-27)28-17-11-8-12-18-28/h7-12,15-18,29-36H,13-14,19-26H2,1-6H3. The molecule has 2 aromatic rings. The zero-order chi connectivity index (χ0) is 27.4. The molecule has 0 aliphatic heterocycles. The minimum absolute atomic E-state index is 0.140. The summed E-state index contributed by atoms with van der Waals surface area (Å²) in [6.07, 6.45) is 14.4. The first kappa shape index (κ1) is 27.6. The summed E-state index contributed by atoms with van der Waals surface area (Å²) in [6, 6.07) is 24.1. The molecule has 212 valence electrons. The second kappa shape index (κ2) is 10.4. The Labute approximate surface area is 240 Å². The first-order valence-corrected chi connectivity index (χ1v) is 16.7. The molecule has 0 heteroatoms. The van der Waals surface area contributed by atoms with Crippen molar-refractivity contribution >= 4 is 0 Å². The zero-order valence-corrected chi connectivity index (χ0v) is 26.0. The number of rotatable bonds is 4. The van der Waals surface area contributed by atoms with Crippen molar-refractivity contribution in [1.29, 1.82) is 0 Å². The maximum absolute atomic E-state index is 2.54. The van der Waals surface area contributed by atoms with Crippen LogP contribution in [0.2, 0.25) is 0 Å². The molecule has 6 unspecified atom stereocenters. The summed E-state index contributed by atoms with van der Waals surface area (Å²) in [5.74, 6) is 6.82. The Hall–Kier alpha value is -1.56. The summed E-state index contributed by atoms with van der Waals surface area (Å²) < 4.78 is 0. The van der Waals surface area contributed by atoms with Crippen molar-refractivity contribution in [2.45, 2.75) is 111 Å². The molecule has 0 N–H and O–H groups in total. The van der Waals surface area contributed by atoms with Gasteiger partial charge in [0.15, 0.2) is 0 Å². The van der Waals surface area contributed by atoms with Crippen LogP contribution in [-0.4, -0.2) is 0 Å². The third-order valence-electron chi connectivity index (χ3n) is 12.9. The van der Waals surface area contributed by atoms with E-state index < -0.39 is 0 Å². The van der Waals surface area contributed by atoms with Crippen molar-refractivity contribution in [2.75, 3.05) is 0 Å². The average Bonchev–Trinajstić information content (AvgIpc) is 3.57. The van der Waals surface area contributed by atoms with E-state index in [0.29, 0.717) is 10.8 Å². The van der Waals surface area contributed by atoms with Crippen molar-refractivity contribution in [1.82, 2.24) is 0 Å². The van der Waals surface area contributed by atoms with Gasteiger partial charge in [0.05, 0.1) is 0 Å². The molecule has 4 saturated carbocycles. The quantitative estimate of drug-likeness (QED) is 0.373. The average molecular weight is 525 g/mol. The van der Waals surface area contributed by atoms with Crippen LogP contribution >= 0.6 is 0 Å². The number of hydrogen-bond acceptors (Lipinski definition) is 0. The van der Waals surface area contributed by atoms with Crippen molar-refractivity contribution in [2.24, 2.45) is 58.2 Å². The lowest BCUT2D eigenvalue weighted by molar-refractivity contribution is 0.0428. The number of fused-ring (bicyclic) bond motifs is 3. The summed E-state index contributed by atoms with van der Waals surface area (Å²) in [5.41, 5.74) is 4.24. The highest BCUT2D eigenvalue weighted by molar-refractivity contribution is 5.43. The Balaban J connectivity index is 1.57. The van der Waals surface area contributed by atoms with Gasteiger partial charge < -0.3 is 0 Å². The maximum atomic E-state index is 2.54. The van der Waals surface area contributed by atoms with E-state index in [-0.39, 0.29) is 5.41 Å². The lowest BCUT2D eigenvalue weighted by Crippen LogP contribution is -2.49. The van der Waals surface area contributed by atoms with E-state index in [4.69, 9.17) is 0 Å². The molecule has 0 nitrogen and oxygen atoms in total. The van der Waals surface area contributed by atoms with Gasteiger partial charge in [0.2, 0.25) is 0 Å². The van der Waals surface area contributed by atoms with Crippen molar-refractivity contribution in [3.05, 3.63) is 71.8 Å². The van der Waals surface area contributed by atoms with Crippen molar-refractivity contribution < 1.29 is 0 Å². The summed E-state index contributed by atoms with van der Waals surface area (Å²) >= 11 is 0. The Kier molecular flexibility index (Phi) is 7.34. The highest BCUT2D eigenvalue weighted by atomic mass is 14.7. The van der Waals surface area contributed by atoms with Crippen molar-refractivity contribution in [3.8, 4) is 0 Å². The molecule has 2 aromatic carbocycles. The van der Waals surface area contributed by atoms with Gasteiger partial charge in [0.25, 0.3) is 0 Å². The molecular formula is C39H56. The third-order valence-corrected chi connectivity index (χ3v) is 12.9. The van der Waals surface area contributed by atoms with Gasteiger partial charge in [-0.05, 0) is 121 Å². The van der Waals surface area contributed by atoms with Crippen LogP contribution in [0.4, 0.5) is 0 Å². The first-order chi connectivity index (χ1) is 18.6. The molecule has 0 amide bonds. The fourth-order valence-corrected chi connectivity index (χ4v) is 11.0. The number of benzene rings is 2. The molecule has 39 heavy (non-hydrogen) atoms. The van der Waals surface area contributed by atoms with E-state index in [9.17, 15) is 0 Å². The highest BCUT2D eigenvalue weighted by Gasteiger charge is 2.63. The molecule has 4 aliphatic rings. The van der Waals surface area contributed by atoms with Crippen LogP contribution in [0.25, 0.3) is 0 Å². The fraction of sp³-hybridized carbons (Fsp3) is 0.692. The van der Waals surface area contributed by atoms with E-state index in [1.54, 1.807) is 11.1 Å². The lowest BCUT2D eigenvalue weighted by Gasteiger charge is -2.53. The van der Waals surface area contributed by atoms with Crippen LogP contribution in [0.15, 0.2) is 60.7 Å². The van der Waals surface area contributed by atoms with Crippen molar-refractivity contribution in [3.63, 3.8) is 0 Å². The second-order valence-corrected chi connectivity index (χ2v) is 16.5. The monoisotopic (exact) mass is 524 g/mol. The minimum Gasteiger partial charge on any atom is -0.0622 e. The third kappa shape index (κ3) is 4.75. The van der Waals surface area contributed by atoms with Gasteiger partial charge >= 0.3 is 0 Å². The molecule has 6 rings (SSSR count). The van der Waals surface area contributed by atoms with Gasteiger partial charge in [0, 0.05) is 5.41 Å². The molecule has 0 saturated heterocycles. The minimum atomic E-state index is 0.140. The molecule has 0 radical (unpaired) electrons. The Morgan fingerprint density at radius 2 is 0.872 bits per heavy atom. The van der Waals surface area contributed by atoms with E-state index >= 15 is 0 Å². The van der Waals surface area contributed by atoms with Gasteiger partial charge in [0.1, 0.15) is 0 Å². The SMILES string of the molecule is CC(C)(C)C1CCC2C3CCC(C(C)(C)C)CC3C(C(c3ccccc3)(c3ccccc3)C3CCCC3)C2C1. The normalized spacial score (nSPS) is 34.1. The van der Waals surface area contributed by atoms with Crippen LogP contribution in [-0.2, 0) is 5.41 Å². The van der Waals surface area contributed by atoms with Crippen LogP contribution in [0.1, 0.15) is 117 Å². The van der Waals surface area contributed by atoms with Crippen LogP contribution in [0.5, 0.6) is 0 Å². The Morgan fingerprint density at radius 1 is 0.462 bits per heavy atom. The molecular weight excluding hydrogens is 468 g/mol. The van der Waals surface area contributed by atoms with E-state index in [1.165, 1.54) is 64.2 Å². The van der Waals surface area contributed by atoms with Gasteiger partial charge in [-0.1, -0.05) is 115 Å². The van der Waals surface area contributed by atoms with Gasteiger partial charge in [-0.25, -0.2) is 0 Å². The smallest absolute Gasteiger partial charge is 0.0264 e. The molecule has 0 aromatic heterocycles. The Morgan fingerprint density at radius 3 is 1.26 bits per heavy atom. The fourth-order valence-electron chi connectivity index (χ4n) is 11.0. The summed E-state index contributed by atoms with van der Waals surface area (Å²) in [4.78, 5) is 0. The first-order valence-electron chi connectivity index (χ1n) is 16.7. The largest absolute Gasteiger partial charge is 0.0622 e. The zero-order valence-electron chi connectivity index (χ0n) is 26.0. The van der Waals surface area contributed by atoms with Crippen LogP contribution in [0, 0.1) is 58.2 Å². The van der Waals surface area contributed by atoms with E-state index in [2.05, 4.69) is 102 Å². The second-order valence-electron chi connectivity index (χ2n) is 16.5. The summed E-state index contributed by atoms with van der Waals surface area (Å²) in [6.45, 7) is 15.2.